The molecule has 1 saturated carbocycles. The molecular weight excluding hydrogens is 306 g/mol. The number of hydrogen-bond acceptors (Lipinski definition) is 4. The number of hydrogen-bond donors (Lipinski definition) is 1. The second kappa shape index (κ2) is 5.30. The van der Waals surface area contributed by atoms with E-state index in [1.807, 2.05) is 26.4 Å². The highest BCUT2D eigenvalue weighted by Gasteiger charge is 2.28. The average Bonchev–Trinajstić information content (AvgIpc) is 3.15. The van der Waals surface area contributed by atoms with Crippen molar-refractivity contribution in [2.75, 3.05) is 0 Å². The summed E-state index contributed by atoms with van der Waals surface area (Å²) in [4.78, 5) is 15.7. The lowest BCUT2D eigenvalue weighted by molar-refractivity contribution is 0.0697. The molecule has 0 spiro atoms. The Hall–Kier alpha value is -2.96. The molecule has 0 bridgehead atoms. The van der Waals surface area contributed by atoms with Crippen LogP contribution in [0.2, 0.25) is 0 Å². The molecule has 4 rings (SSSR count). The zero-order valence-electron chi connectivity index (χ0n) is 13.5. The van der Waals surface area contributed by atoms with Gasteiger partial charge in [-0.2, -0.15) is 0 Å². The van der Waals surface area contributed by atoms with E-state index in [-0.39, 0.29) is 5.56 Å². The zero-order valence-corrected chi connectivity index (χ0v) is 13.5. The molecule has 3 aromatic rings. The lowest BCUT2D eigenvalue weighted by Gasteiger charge is -2.06. The minimum absolute atomic E-state index is 0.226. The highest BCUT2D eigenvalue weighted by atomic mass is 16.4. The SMILES string of the molecule is Cc1ccc(C(=O)O)cc1-n1cc(-c2cnc(C3CC3)n2C)nn1. The molecule has 122 valence electrons. The number of aromatic nitrogens is 5. The highest BCUT2D eigenvalue weighted by molar-refractivity contribution is 5.88. The number of benzene rings is 1. The summed E-state index contributed by atoms with van der Waals surface area (Å²) in [7, 11) is 1.99. The van der Waals surface area contributed by atoms with E-state index in [0.717, 1.165) is 22.8 Å². The molecule has 0 saturated heterocycles. The standard InChI is InChI=1S/C17H17N5O2/c1-10-3-4-12(17(23)24)7-14(10)22-9-13(19-20-22)15-8-18-16(21(15)2)11-5-6-11/h3-4,7-9,11H,5-6H2,1-2H3,(H,23,24). The van der Waals surface area contributed by atoms with Crippen molar-refractivity contribution >= 4 is 5.97 Å². The Balaban J connectivity index is 1.73. The number of carboxylic acids is 1. The highest BCUT2D eigenvalue weighted by Crippen LogP contribution is 2.40. The van der Waals surface area contributed by atoms with Gasteiger partial charge in [-0.25, -0.2) is 14.5 Å². The van der Waals surface area contributed by atoms with Crippen molar-refractivity contribution in [3.05, 3.63) is 47.5 Å². The fourth-order valence-electron chi connectivity index (χ4n) is 2.87. The van der Waals surface area contributed by atoms with E-state index in [9.17, 15) is 9.90 Å². The maximum absolute atomic E-state index is 11.2. The van der Waals surface area contributed by atoms with Crippen LogP contribution in [0.15, 0.2) is 30.6 Å². The normalized spacial score (nSPS) is 14.1. The maximum atomic E-state index is 11.2. The quantitative estimate of drug-likeness (QED) is 0.797. The molecule has 1 aliphatic rings. The van der Waals surface area contributed by atoms with Crippen LogP contribution in [-0.2, 0) is 7.05 Å². The minimum Gasteiger partial charge on any atom is -0.478 e. The molecule has 7 heteroatoms. The van der Waals surface area contributed by atoms with E-state index in [4.69, 9.17) is 0 Å². The van der Waals surface area contributed by atoms with Crippen molar-refractivity contribution in [1.82, 2.24) is 24.5 Å². The van der Waals surface area contributed by atoms with Crippen LogP contribution < -0.4 is 0 Å². The number of imidazole rings is 1. The molecule has 0 atom stereocenters. The van der Waals surface area contributed by atoms with Gasteiger partial charge >= 0.3 is 5.97 Å². The first kappa shape index (κ1) is 14.6. The predicted molar refractivity (Wildman–Crippen MR) is 87.2 cm³/mol. The molecule has 1 aliphatic carbocycles. The van der Waals surface area contributed by atoms with E-state index in [1.54, 1.807) is 22.9 Å². The average molecular weight is 323 g/mol. The van der Waals surface area contributed by atoms with Gasteiger partial charge in [0.1, 0.15) is 11.5 Å². The molecule has 0 aliphatic heterocycles. The number of nitrogens with zero attached hydrogens (tertiary/aromatic N) is 5. The van der Waals surface area contributed by atoms with Crippen LogP contribution >= 0.6 is 0 Å². The number of aromatic carboxylic acids is 1. The fraction of sp³-hybridized carbons (Fsp3) is 0.294. The summed E-state index contributed by atoms with van der Waals surface area (Å²) in [5, 5.41) is 17.6. The van der Waals surface area contributed by atoms with E-state index in [0.29, 0.717) is 11.6 Å². The number of carboxylic acid groups (broad SMARTS) is 1. The second-order valence-corrected chi connectivity index (χ2v) is 6.19. The van der Waals surface area contributed by atoms with Crippen molar-refractivity contribution in [3.63, 3.8) is 0 Å². The van der Waals surface area contributed by atoms with Gasteiger partial charge in [-0.15, -0.1) is 5.10 Å². The lowest BCUT2D eigenvalue weighted by atomic mass is 10.1. The van der Waals surface area contributed by atoms with Gasteiger partial charge < -0.3 is 9.67 Å². The Bertz CT molecular complexity index is 936. The van der Waals surface area contributed by atoms with E-state index >= 15 is 0 Å². The summed E-state index contributed by atoms with van der Waals surface area (Å²) >= 11 is 0. The minimum atomic E-state index is -0.961. The third-order valence-electron chi connectivity index (χ3n) is 4.43. The Morgan fingerprint density at radius 3 is 2.83 bits per heavy atom. The maximum Gasteiger partial charge on any atom is 0.335 e. The first-order chi connectivity index (χ1) is 11.5. The molecule has 2 heterocycles. The molecule has 1 fully saturated rings. The van der Waals surface area contributed by atoms with Crippen molar-refractivity contribution in [2.24, 2.45) is 7.05 Å². The Morgan fingerprint density at radius 2 is 2.12 bits per heavy atom. The smallest absolute Gasteiger partial charge is 0.335 e. The zero-order chi connectivity index (χ0) is 16.8. The molecule has 0 unspecified atom stereocenters. The van der Waals surface area contributed by atoms with Gasteiger partial charge in [-0.1, -0.05) is 11.3 Å². The largest absolute Gasteiger partial charge is 0.478 e. The molecule has 0 amide bonds. The van der Waals surface area contributed by atoms with E-state index in [2.05, 4.69) is 19.9 Å². The van der Waals surface area contributed by atoms with Crippen LogP contribution in [0.1, 0.15) is 40.5 Å². The van der Waals surface area contributed by atoms with Gasteiger partial charge in [0.15, 0.2) is 0 Å². The lowest BCUT2D eigenvalue weighted by Crippen LogP contribution is -2.02. The Morgan fingerprint density at radius 1 is 1.33 bits per heavy atom. The van der Waals surface area contributed by atoms with Gasteiger partial charge in [-0.05, 0) is 37.5 Å². The predicted octanol–water partition coefficient (Wildman–Crippen LogP) is 2.55. The van der Waals surface area contributed by atoms with Crippen molar-refractivity contribution in [2.45, 2.75) is 25.7 Å². The topological polar surface area (TPSA) is 85.8 Å². The summed E-state index contributed by atoms with van der Waals surface area (Å²) in [6, 6.07) is 4.96. The summed E-state index contributed by atoms with van der Waals surface area (Å²) in [5.41, 5.74) is 3.50. The van der Waals surface area contributed by atoms with Crippen molar-refractivity contribution in [3.8, 4) is 17.1 Å². The summed E-state index contributed by atoms with van der Waals surface area (Å²) in [6.07, 6.45) is 6.01. The van der Waals surface area contributed by atoms with Crippen LogP contribution in [0.5, 0.6) is 0 Å². The van der Waals surface area contributed by atoms with Gasteiger partial charge in [-0.3, -0.25) is 0 Å². The van der Waals surface area contributed by atoms with Gasteiger partial charge in [0, 0.05) is 13.0 Å². The van der Waals surface area contributed by atoms with Crippen LogP contribution in [0, 0.1) is 6.92 Å². The molecule has 7 nitrogen and oxygen atoms in total. The first-order valence-corrected chi connectivity index (χ1v) is 7.83. The molecule has 24 heavy (non-hydrogen) atoms. The van der Waals surface area contributed by atoms with Crippen LogP contribution in [0.3, 0.4) is 0 Å². The van der Waals surface area contributed by atoms with Crippen LogP contribution in [-0.4, -0.2) is 35.6 Å². The second-order valence-electron chi connectivity index (χ2n) is 6.19. The van der Waals surface area contributed by atoms with Gasteiger partial charge in [0.25, 0.3) is 0 Å². The molecule has 1 aromatic carbocycles. The van der Waals surface area contributed by atoms with Gasteiger partial charge in [0.05, 0.1) is 29.3 Å². The van der Waals surface area contributed by atoms with Crippen molar-refractivity contribution < 1.29 is 9.90 Å². The van der Waals surface area contributed by atoms with Gasteiger partial charge in [0.2, 0.25) is 0 Å². The summed E-state index contributed by atoms with van der Waals surface area (Å²) in [5.74, 6) is 0.689. The van der Waals surface area contributed by atoms with Crippen LogP contribution in [0.25, 0.3) is 17.1 Å². The Labute approximate surface area is 138 Å². The van der Waals surface area contributed by atoms with Crippen molar-refractivity contribution in [1.29, 1.82) is 0 Å². The summed E-state index contributed by atoms with van der Waals surface area (Å²) in [6.45, 7) is 1.91. The molecule has 2 aromatic heterocycles. The number of carbonyl (C=O) groups is 1. The molecule has 0 radical (unpaired) electrons. The monoisotopic (exact) mass is 323 g/mol. The third-order valence-corrected chi connectivity index (χ3v) is 4.43. The number of rotatable bonds is 4. The Kier molecular flexibility index (Phi) is 3.23. The molecule has 1 N–H and O–H groups in total. The molecular formula is C17H17N5O2. The van der Waals surface area contributed by atoms with E-state index < -0.39 is 5.97 Å². The van der Waals surface area contributed by atoms with E-state index in [1.165, 1.54) is 12.8 Å². The first-order valence-electron chi connectivity index (χ1n) is 7.83. The van der Waals surface area contributed by atoms with Crippen LogP contribution in [0.4, 0.5) is 0 Å². The number of aryl methyl sites for hydroxylation is 1. The summed E-state index contributed by atoms with van der Waals surface area (Å²) < 4.78 is 3.67. The fourth-order valence-corrected chi connectivity index (χ4v) is 2.87. The third kappa shape index (κ3) is 2.38.